The van der Waals surface area contributed by atoms with E-state index in [0.29, 0.717) is 0 Å². The Labute approximate surface area is 87.8 Å². The molecule has 0 fully saturated rings. The minimum atomic E-state index is -3.57. The molecule has 0 saturated heterocycles. The molecule has 0 aliphatic carbocycles. The van der Waals surface area contributed by atoms with Gasteiger partial charge in [0.05, 0.1) is 5.56 Å². The summed E-state index contributed by atoms with van der Waals surface area (Å²) in [4.78, 5) is 14.4. The average molecular weight is 229 g/mol. The van der Waals surface area contributed by atoms with Gasteiger partial charge in [-0.1, -0.05) is 0 Å². The first-order valence-corrected chi connectivity index (χ1v) is 5.47. The van der Waals surface area contributed by atoms with Gasteiger partial charge in [0.2, 0.25) is 15.9 Å². The van der Waals surface area contributed by atoms with Gasteiger partial charge in [-0.2, -0.15) is 0 Å². The lowest BCUT2D eigenvalue weighted by Crippen LogP contribution is -2.23. The second-order valence-electron chi connectivity index (χ2n) is 3.06. The third-order valence-electron chi connectivity index (χ3n) is 1.78. The topological polar surface area (TPSA) is 93.4 Å². The molecule has 0 aromatic carbocycles. The molecule has 82 valence electrons. The number of carbonyl (C=O) groups is 1. The number of aromatic nitrogens is 1. The van der Waals surface area contributed by atoms with Gasteiger partial charge in [-0.3, -0.25) is 9.78 Å². The molecule has 0 unspecified atom stereocenters. The molecule has 1 aromatic rings. The fraction of sp³-hybridized carbons (Fsp3) is 0.250. The largest absolute Gasteiger partial charge is 0.366 e. The third kappa shape index (κ3) is 2.31. The fourth-order valence-electron chi connectivity index (χ4n) is 0.905. The highest BCUT2D eigenvalue weighted by molar-refractivity contribution is 7.89. The summed E-state index contributed by atoms with van der Waals surface area (Å²) in [6.45, 7) is 0. The van der Waals surface area contributed by atoms with Gasteiger partial charge in [0.1, 0.15) is 4.90 Å². The zero-order valence-electron chi connectivity index (χ0n) is 8.34. The Morgan fingerprint density at radius 1 is 1.40 bits per heavy atom. The number of nitrogens with two attached hydrogens (primary N) is 1. The Hall–Kier alpha value is -1.47. The monoisotopic (exact) mass is 229 g/mol. The lowest BCUT2D eigenvalue weighted by atomic mass is 10.3. The summed E-state index contributed by atoms with van der Waals surface area (Å²) in [6.07, 6.45) is 2.39. The van der Waals surface area contributed by atoms with Crippen molar-refractivity contribution in [2.24, 2.45) is 5.73 Å². The molecule has 7 heteroatoms. The molecule has 1 rings (SSSR count). The molecular weight excluding hydrogens is 218 g/mol. The number of carbonyl (C=O) groups excluding carboxylic acids is 1. The molecular formula is C8H11N3O3S. The van der Waals surface area contributed by atoms with Gasteiger partial charge in [-0.05, 0) is 6.07 Å². The van der Waals surface area contributed by atoms with Crippen LogP contribution in [-0.4, -0.2) is 37.7 Å². The Morgan fingerprint density at radius 2 is 2.00 bits per heavy atom. The van der Waals surface area contributed by atoms with Crippen molar-refractivity contribution in [3.63, 3.8) is 0 Å². The first-order valence-electron chi connectivity index (χ1n) is 4.03. The second-order valence-corrected chi connectivity index (χ2v) is 5.21. The van der Waals surface area contributed by atoms with Gasteiger partial charge in [0.25, 0.3) is 0 Å². The predicted molar refractivity (Wildman–Crippen MR) is 53.6 cm³/mol. The van der Waals surface area contributed by atoms with Crippen LogP contribution < -0.4 is 5.73 Å². The van der Waals surface area contributed by atoms with E-state index in [2.05, 4.69) is 4.98 Å². The number of hydrogen-bond donors (Lipinski definition) is 1. The van der Waals surface area contributed by atoms with E-state index in [-0.39, 0.29) is 10.5 Å². The number of sulfonamides is 1. The van der Waals surface area contributed by atoms with Crippen molar-refractivity contribution < 1.29 is 13.2 Å². The number of hydrogen-bond acceptors (Lipinski definition) is 4. The first-order chi connectivity index (χ1) is 6.85. The molecule has 0 bridgehead atoms. The highest BCUT2D eigenvalue weighted by atomic mass is 32.2. The van der Waals surface area contributed by atoms with Crippen molar-refractivity contribution in [3.05, 3.63) is 24.0 Å². The lowest BCUT2D eigenvalue weighted by molar-refractivity contribution is 0.0999. The average Bonchev–Trinajstić information content (AvgIpc) is 2.17. The molecule has 0 aliphatic rings. The Balaban J connectivity index is 3.29. The number of primary amides is 1. The zero-order valence-corrected chi connectivity index (χ0v) is 9.15. The molecule has 0 spiro atoms. The van der Waals surface area contributed by atoms with Gasteiger partial charge < -0.3 is 5.73 Å². The van der Waals surface area contributed by atoms with Crippen LogP contribution in [-0.2, 0) is 10.0 Å². The Morgan fingerprint density at radius 3 is 2.47 bits per heavy atom. The van der Waals surface area contributed by atoms with Gasteiger partial charge in [0, 0.05) is 26.5 Å². The van der Waals surface area contributed by atoms with Crippen LogP contribution in [0.5, 0.6) is 0 Å². The number of rotatable bonds is 3. The van der Waals surface area contributed by atoms with E-state index in [9.17, 15) is 13.2 Å². The maximum absolute atomic E-state index is 11.6. The first kappa shape index (κ1) is 11.6. The van der Waals surface area contributed by atoms with Crippen molar-refractivity contribution >= 4 is 15.9 Å². The predicted octanol–water partition coefficient (Wildman–Crippen LogP) is -0.569. The molecule has 2 N–H and O–H groups in total. The molecule has 1 aromatic heterocycles. The maximum atomic E-state index is 11.6. The molecule has 1 heterocycles. The number of amides is 1. The standard InChI is InChI=1S/C8H11N3O3S/c1-11(2)15(13,14)7-3-6(8(9)12)4-10-5-7/h3-5H,1-2H3,(H2,9,12). The summed E-state index contributed by atoms with van der Waals surface area (Å²) in [5.74, 6) is -0.710. The smallest absolute Gasteiger partial charge is 0.250 e. The van der Waals surface area contributed by atoms with Crippen molar-refractivity contribution in [2.45, 2.75) is 4.90 Å². The second kappa shape index (κ2) is 3.95. The van der Waals surface area contributed by atoms with E-state index in [1.54, 1.807) is 0 Å². The van der Waals surface area contributed by atoms with Crippen LogP contribution in [0.4, 0.5) is 0 Å². The quantitative estimate of drug-likeness (QED) is 0.751. The van der Waals surface area contributed by atoms with E-state index in [1.807, 2.05) is 0 Å². The van der Waals surface area contributed by atoms with Crippen LogP contribution >= 0.6 is 0 Å². The summed E-state index contributed by atoms with van der Waals surface area (Å²) in [7, 11) is -0.780. The van der Waals surface area contributed by atoms with E-state index < -0.39 is 15.9 Å². The van der Waals surface area contributed by atoms with Crippen molar-refractivity contribution in [1.82, 2.24) is 9.29 Å². The number of nitrogens with zero attached hydrogens (tertiary/aromatic N) is 2. The van der Waals surface area contributed by atoms with Gasteiger partial charge >= 0.3 is 0 Å². The van der Waals surface area contributed by atoms with Crippen molar-refractivity contribution in [1.29, 1.82) is 0 Å². The van der Waals surface area contributed by atoms with Crippen molar-refractivity contribution in [2.75, 3.05) is 14.1 Å². The molecule has 0 radical (unpaired) electrons. The van der Waals surface area contributed by atoms with Gasteiger partial charge in [0.15, 0.2) is 0 Å². The summed E-state index contributed by atoms with van der Waals surface area (Å²) in [5, 5.41) is 0. The highest BCUT2D eigenvalue weighted by Crippen LogP contribution is 2.12. The van der Waals surface area contributed by atoms with Crippen molar-refractivity contribution in [3.8, 4) is 0 Å². The van der Waals surface area contributed by atoms with E-state index in [1.165, 1.54) is 32.6 Å². The molecule has 0 saturated carbocycles. The summed E-state index contributed by atoms with van der Waals surface area (Å²) < 4.78 is 24.3. The molecule has 1 amide bonds. The van der Waals surface area contributed by atoms with Crippen LogP contribution in [0, 0.1) is 0 Å². The van der Waals surface area contributed by atoms with Crippen LogP contribution in [0.3, 0.4) is 0 Å². The molecule has 6 nitrogen and oxygen atoms in total. The lowest BCUT2D eigenvalue weighted by Gasteiger charge is -2.10. The van der Waals surface area contributed by atoms with Crippen LogP contribution in [0.2, 0.25) is 0 Å². The molecule has 15 heavy (non-hydrogen) atoms. The summed E-state index contributed by atoms with van der Waals surface area (Å²) in [5.41, 5.74) is 5.08. The third-order valence-corrected chi connectivity index (χ3v) is 3.56. The van der Waals surface area contributed by atoms with E-state index >= 15 is 0 Å². The Kier molecular flexibility index (Phi) is 3.06. The highest BCUT2D eigenvalue weighted by Gasteiger charge is 2.18. The van der Waals surface area contributed by atoms with E-state index in [0.717, 1.165) is 4.31 Å². The van der Waals surface area contributed by atoms with Crippen LogP contribution in [0.1, 0.15) is 10.4 Å². The molecule has 0 aliphatic heterocycles. The van der Waals surface area contributed by atoms with Crippen LogP contribution in [0.15, 0.2) is 23.4 Å². The van der Waals surface area contributed by atoms with E-state index in [4.69, 9.17) is 5.73 Å². The fourth-order valence-corrected chi connectivity index (χ4v) is 1.80. The summed E-state index contributed by atoms with van der Waals surface area (Å²) in [6, 6.07) is 1.20. The van der Waals surface area contributed by atoms with Crippen LogP contribution in [0.25, 0.3) is 0 Å². The maximum Gasteiger partial charge on any atom is 0.250 e. The normalized spacial score (nSPS) is 11.7. The minimum absolute atomic E-state index is 0.0520. The Bertz CT molecular complexity index is 482. The minimum Gasteiger partial charge on any atom is -0.366 e. The number of pyridine rings is 1. The molecule has 0 atom stereocenters. The summed E-state index contributed by atoms with van der Waals surface area (Å²) >= 11 is 0. The zero-order chi connectivity index (χ0) is 11.6. The van der Waals surface area contributed by atoms with Gasteiger partial charge in [-0.15, -0.1) is 0 Å². The van der Waals surface area contributed by atoms with Gasteiger partial charge in [-0.25, -0.2) is 12.7 Å². The SMILES string of the molecule is CN(C)S(=O)(=O)c1cncc(C(N)=O)c1.